The van der Waals surface area contributed by atoms with E-state index in [0.717, 1.165) is 47.1 Å². The standard InChI is InChI=1S/C23H23ClN6O/c1-30-21-10-17(28-18-13-25-14-18)5-8-20(21)29-23(30)27-11-15-2-6-19(7-3-15)31-22-9-4-16(24)12-26-22/h2-10,12,18,25,28H,11,13-14H2,1H3,(H,27,29). The molecule has 1 aliphatic rings. The fourth-order valence-electron chi connectivity index (χ4n) is 3.46. The van der Waals surface area contributed by atoms with Crippen molar-refractivity contribution in [3.63, 3.8) is 0 Å². The van der Waals surface area contributed by atoms with Crippen LogP contribution in [-0.2, 0) is 13.6 Å². The zero-order valence-corrected chi connectivity index (χ0v) is 17.9. The Bertz CT molecular complexity index is 1190. The van der Waals surface area contributed by atoms with Crippen LogP contribution in [0.2, 0.25) is 5.02 Å². The van der Waals surface area contributed by atoms with Gasteiger partial charge in [0.05, 0.1) is 22.1 Å². The van der Waals surface area contributed by atoms with Crippen LogP contribution in [0.25, 0.3) is 11.0 Å². The van der Waals surface area contributed by atoms with Gasteiger partial charge >= 0.3 is 0 Å². The SMILES string of the molecule is Cn1c(NCc2ccc(Oc3ccc(Cl)cn3)cc2)nc2ccc(NC3CNC3)cc21. The number of halogens is 1. The van der Waals surface area contributed by atoms with Crippen LogP contribution in [0, 0.1) is 0 Å². The van der Waals surface area contributed by atoms with Crippen molar-refractivity contribution in [1.29, 1.82) is 0 Å². The van der Waals surface area contributed by atoms with Crippen molar-refractivity contribution in [2.24, 2.45) is 7.05 Å². The number of fused-ring (bicyclic) bond motifs is 1. The minimum absolute atomic E-state index is 0.505. The lowest BCUT2D eigenvalue weighted by atomic mass is 10.1. The summed E-state index contributed by atoms with van der Waals surface area (Å²) in [7, 11) is 2.03. The number of hydrogen-bond donors (Lipinski definition) is 3. The first-order chi connectivity index (χ1) is 15.1. The van der Waals surface area contributed by atoms with E-state index in [-0.39, 0.29) is 0 Å². The van der Waals surface area contributed by atoms with Crippen molar-refractivity contribution in [3.8, 4) is 11.6 Å². The van der Waals surface area contributed by atoms with E-state index in [9.17, 15) is 0 Å². The molecule has 3 heterocycles. The van der Waals surface area contributed by atoms with E-state index in [1.165, 1.54) is 0 Å². The van der Waals surface area contributed by atoms with E-state index >= 15 is 0 Å². The van der Waals surface area contributed by atoms with Crippen LogP contribution in [0.4, 0.5) is 11.6 Å². The first kappa shape index (κ1) is 19.7. The molecule has 0 unspecified atom stereocenters. The summed E-state index contributed by atoms with van der Waals surface area (Å²) in [5.74, 6) is 2.07. The van der Waals surface area contributed by atoms with Crippen LogP contribution in [0.1, 0.15) is 5.56 Å². The number of imidazole rings is 1. The van der Waals surface area contributed by atoms with Crippen molar-refractivity contribution >= 4 is 34.3 Å². The fourth-order valence-corrected chi connectivity index (χ4v) is 3.58. The molecule has 2 aromatic carbocycles. The Morgan fingerprint density at radius 1 is 1.13 bits per heavy atom. The van der Waals surface area contributed by atoms with E-state index in [2.05, 4.69) is 43.7 Å². The Balaban J connectivity index is 1.23. The molecule has 3 N–H and O–H groups in total. The van der Waals surface area contributed by atoms with Gasteiger partial charge in [-0.05, 0) is 42.0 Å². The normalized spacial score (nSPS) is 13.7. The molecule has 158 valence electrons. The molecule has 1 saturated heterocycles. The molecule has 0 bridgehead atoms. The van der Waals surface area contributed by atoms with E-state index in [0.29, 0.717) is 23.5 Å². The summed E-state index contributed by atoms with van der Waals surface area (Å²) in [6.45, 7) is 2.68. The third kappa shape index (κ3) is 4.42. The summed E-state index contributed by atoms with van der Waals surface area (Å²) >= 11 is 5.86. The van der Waals surface area contributed by atoms with Crippen LogP contribution in [0.5, 0.6) is 11.6 Å². The smallest absolute Gasteiger partial charge is 0.219 e. The quantitative estimate of drug-likeness (QED) is 0.400. The van der Waals surface area contributed by atoms with Gasteiger partial charge in [0, 0.05) is 44.6 Å². The summed E-state index contributed by atoms with van der Waals surface area (Å²) in [4.78, 5) is 8.88. The predicted molar refractivity (Wildman–Crippen MR) is 124 cm³/mol. The minimum atomic E-state index is 0.505. The Labute approximate surface area is 185 Å². The van der Waals surface area contributed by atoms with Gasteiger partial charge in [0.25, 0.3) is 0 Å². The first-order valence-corrected chi connectivity index (χ1v) is 10.6. The van der Waals surface area contributed by atoms with Gasteiger partial charge in [-0.2, -0.15) is 0 Å². The zero-order valence-electron chi connectivity index (χ0n) is 17.1. The van der Waals surface area contributed by atoms with Crippen molar-refractivity contribution in [3.05, 3.63) is 71.4 Å². The molecule has 7 nitrogen and oxygen atoms in total. The third-order valence-corrected chi connectivity index (χ3v) is 5.55. The number of pyridine rings is 1. The molecular formula is C23H23ClN6O. The summed E-state index contributed by atoms with van der Waals surface area (Å²) in [6.07, 6.45) is 1.57. The molecule has 1 fully saturated rings. The van der Waals surface area contributed by atoms with Gasteiger partial charge in [-0.25, -0.2) is 9.97 Å². The highest BCUT2D eigenvalue weighted by molar-refractivity contribution is 6.30. The topological polar surface area (TPSA) is 76.0 Å². The maximum absolute atomic E-state index is 5.86. The molecule has 4 aromatic rings. The van der Waals surface area contributed by atoms with Gasteiger partial charge in [0.1, 0.15) is 5.75 Å². The maximum atomic E-state index is 5.86. The largest absolute Gasteiger partial charge is 0.439 e. The second-order valence-electron chi connectivity index (χ2n) is 7.61. The van der Waals surface area contributed by atoms with Crippen molar-refractivity contribution in [2.75, 3.05) is 23.7 Å². The molecule has 1 aliphatic heterocycles. The molecule has 0 spiro atoms. The molecule has 31 heavy (non-hydrogen) atoms. The molecule has 0 radical (unpaired) electrons. The number of hydrogen-bond acceptors (Lipinski definition) is 6. The molecule has 0 amide bonds. The van der Waals surface area contributed by atoms with Crippen LogP contribution >= 0.6 is 11.6 Å². The molecular weight excluding hydrogens is 412 g/mol. The lowest BCUT2D eigenvalue weighted by Crippen LogP contribution is -2.51. The monoisotopic (exact) mass is 434 g/mol. The zero-order chi connectivity index (χ0) is 21.2. The Kier molecular flexibility index (Phi) is 5.36. The van der Waals surface area contributed by atoms with E-state index < -0.39 is 0 Å². The number of nitrogens with one attached hydrogen (secondary N) is 3. The van der Waals surface area contributed by atoms with Crippen LogP contribution in [0.15, 0.2) is 60.8 Å². The van der Waals surface area contributed by atoms with Gasteiger partial charge in [0.15, 0.2) is 0 Å². The summed E-state index contributed by atoms with van der Waals surface area (Å²) < 4.78 is 7.83. The van der Waals surface area contributed by atoms with Gasteiger partial charge in [-0.3, -0.25) is 0 Å². The third-order valence-electron chi connectivity index (χ3n) is 5.33. The van der Waals surface area contributed by atoms with Crippen LogP contribution < -0.4 is 20.7 Å². The first-order valence-electron chi connectivity index (χ1n) is 10.2. The van der Waals surface area contributed by atoms with Crippen molar-refractivity contribution in [2.45, 2.75) is 12.6 Å². The Morgan fingerprint density at radius 2 is 1.97 bits per heavy atom. The highest BCUT2D eigenvalue weighted by atomic mass is 35.5. The van der Waals surface area contributed by atoms with Crippen LogP contribution in [0.3, 0.4) is 0 Å². The molecule has 0 aliphatic carbocycles. The second kappa shape index (κ2) is 8.45. The molecule has 5 rings (SSSR count). The Hall–Kier alpha value is -3.29. The van der Waals surface area contributed by atoms with Gasteiger partial charge in [0.2, 0.25) is 11.8 Å². The molecule has 2 aromatic heterocycles. The molecule has 0 saturated carbocycles. The van der Waals surface area contributed by atoms with E-state index in [4.69, 9.17) is 21.3 Å². The number of nitrogens with zero attached hydrogens (tertiary/aromatic N) is 3. The maximum Gasteiger partial charge on any atom is 0.219 e. The van der Waals surface area contributed by atoms with Crippen molar-refractivity contribution < 1.29 is 4.74 Å². The van der Waals surface area contributed by atoms with Gasteiger partial charge < -0.3 is 25.3 Å². The predicted octanol–water partition coefficient (Wildman–Crippen LogP) is 4.41. The summed E-state index contributed by atoms with van der Waals surface area (Å²) in [5.41, 5.74) is 4.32. The average molecular weight is 435 g/mol. The van der Waals surface area contributed by atoms with Crippen molar-refractivity contribution in [1.82, 2.24) is 19.9 Å². The highest BCUT2D eigenvalue weighted by Crippen LogP contribution is 2.24. The van der Waals surface area contributed by atoms with E-state index in [1.54, 1.807) is 18.3 Å². The van der Waals surface area contributed by atoms with Gasteiger partial charge in [-0.1, -0.05) is 23.7 Å². The second-order valence-corrected chi connectivity index (χ2v) is 8.05. The number of benzene rings is 2. The number of ether oxygens (including phenoxy) is 1. The summed E-state index contributed by atoms with van der Waals surface area (Å²) in [5, 5.41) is 10.8. The lowest BCUT2D eigenvalue weighted by Gasteiger charge is -2.28. The fraction of sp³-hybridized carbons (Fsp3) is 0.217. The number of anilines is 2. The molecule has 0 atom stereocenters. The summed E-state index contributed by atoms with van der Waals surface area (Å²) in [6, 6.07) is 18.2. The number of aromatic nitrogens is 3. The average Bonchev–Trinajstić information content (AvgIpc) is 3.07. The highest BCUT2D eigenvalue weighted by Gasteiger charge is 2.16. The Morgan fingerprint density at radius 3 is 2.68 bits per heavy atom. The van der Waals surface area contributed by atoms with Gasteiger partial charge in [-0.15, -0.1) is 0 Å². The number of rotatable bonds is 7. The minimum Gasteiger partial charge on any atom is -0.439 e. The number of aryl methyl sites for hydroxylation is 1. The lowest BCUT2D eigenvalue weighted by molar-refractivity contribution is 0.463. The van der Waals surface area contributed by atoms with E-state index in [1.807, 2.05) is 31.3 Å². The van der Waals surface area contributed by atoms with Crippen LogP contribution in [-0.4, -0.2) is 33.7 Å². The molecule has 8 heteroatoms.